The summed E-state index contributed by atoms with van der Waals surface area (Å²) in [6.45, 7) is 4.68. The fourth-order valence-electron chi connectivity index (χ4n) is 3.02. The Morgan fingerprint density at radius 2 is 2.24 bits per heavy atom. The third-order valence-electron chi connectivity index (χ3n) is 4.20. The van der Waals surface area contributed by atoms with Gasteiger partial charge < -0.3 is 15.3 Å². The molecule has 4 nitrogen and oxygen atoms in total. The van der Waals surface area contributed by atoms with E-state index in [2.05, 4.69) is 12.2 Å². The maximum atomic E-state index is 12.4. The van der Waals surface area contributed by atoms with E-state index in [0.717, 1.165) is 45.3 Å². The van der Waals surface area contributed by atoms with Gasteiger partial charge in [-0.25, -0.2) is 0 Å². The summed E-state index contributed by atoms with van der Waals surface area (Å²) in [4.78, 5) is 14.3. The number of piperidine rings is 1. The van der Waals surface area contributed by atoms with Crippen LogP contribution in [-0.2, 0) is 4.79 Å². The first kappa shape index (κ1) is 12.8. The summed E-state index contributed by atoms with van der Waals surface area (Å²) < 4.78 is 0. The number of hydrogen-bond donors (Lipinski definition) is 2. The van der Waals surface area contributed by atoms with Crippen LogP contribution in [0, 0.1) is 11.3 Å². The number of carbonyl (C=O) groups excluding carboxylic acids is 1. The monoisotopic (exact) mass is 240 g/mol. The molecule has 1 aliphatic carbocycles. The molecular formula is C13H24N2O2. The second kappa shape index (κ2) is 4.94. The highest BCUT2D eigenvalue weighted by Gasteiger charge is 2.38. The van der Waals surface area contributed by atoms with Crippen LogP contribution in [0.3, 0.4) is 0 Å². The van der Waals surface area contributed by atoms with Gasteiger partial charge >= 0.3 is 0 Å². The van der Waals surface area contributed by atoms with Gasteiger partial charge in [0.05, 0.1) is 11.5 Å². The van der Waals surface area contributed by atoms with Crippen molar-refractivity contribution in [3.63, 3.8) is 0 Å². The largest absolute Gasteiger partial charge is 0.393 e. The highest BCUT2D eigenvalue weighted by atomic mass is 16.3. The molecule has 1 aliphatic heterocycles. The van der Waals surface area contributed by atoms with Gasteiger partial charge in [-0.05, 0) is 45.1 Å². The molecule has 1 saturated heterocycles. The molecule has 1 heterocycles. The molecule has 2 aliphatic rings. The van der Waals surface area contributed by atoms with Crippen molar-refractivity contribution in [2.75, 3.05) is 26.7 Å². The second-order valence-corrected chi connectivity index (χ2v) is 6.02. The lowest BCUT2D eigenvalue weighted by molar-refractivity contribution is -0.142. The third-order valence-corrected chi connectivity index (χ3v) is 4.20. The van der Waals surface area contributed by atoms with Crippen molar-refractivity contribution < 1.29 is 9.90 Å². The summed E-state index contributed by atoms with van der Waals surface area (Å²) in [7, 11) is 1.90. The Morgan fingerprint density at radius 1 is 1.53 bits per heavy atom. The Bertz CT molecular complexity index is 281. The van der Waals surface area contributed by atoms with Gasteiger partial charge in [-0.3, -0.25) is 4.79 Å². The third kappa shape index (κ3) is 2.80. The molecule has 17 heavy (non-hydrogen) atoms. The number of nitrogens with zero attached hydrogens (tertiary/aromatic N) is 1. The Kier molecular flexibility index (Phi) is 3.73. The van der Waals surface area contributed by atoms with Crippen LogP contribution in [0.25, 0.3) is 0 Å². The molecule has 0 spiro atoms. The van der Waals surface area contributed by atoms with Crippen molar-refractivity contribution in [1.82, 2.24) is 10.2 Å². The van der Waals surface area contributed by atoms with E-state index in [9.17, 15) is 9.90 Å². The van der Waals surface area contributed by atoms with Crippen LogP contribution < -0.4 is 5.32 Å². The summed E-state index contributed by atoms with van der Waals surface area (Å²) in [6, 6.07) is 0. The molecule has 1 atom stereocenters. The maximum Gasteiger partial charge on any atom is 0.229 e. The summed E-state index contributed by atoms with van der Waals surface area (Å²) in [5, 5.41) is 12.6. The van der Waals surface area contributed by atoms with Crippen LogP contribution in [0.4, 0.5) is 0 Å². The molecular weight excluding hydrogens is 216 g/mol. The highest BCUT2D eigenvalue weighted by molar-refractivity contribution is 5.82. The molecule has 0 aromatic rings. The number of nitrogens with one attached hydrogen (secondary N) is 1. The zero-order valence-electron chi connectivity index (χ0n) is 10.9. The molecule has 0 aromatic heterocycles. The minimum Gasteiger partial charge on any atom is -0.393 e. The number of amides is 1. The Balaban J connectivity index is 1.85. The van der Waals surface area contributed by atoms with E-state index < -0.39 is 0 Å². The van der Waals surface area contributed by atoms with Gasteiger partial charge in [0.25, 0.3) is 0 Å². The van der Waals surface area contributed by atoms with Crippen LogP contribution >= 0.6 is 0 Å². The minimum absolute atomic E-state index is 0.129. The topological polar surface area (TPSA) is 52.6 Å². The molecule has 1 saturated carbocycles. The molecule has 4 heteroatoms. The minimum atomic E-state index is -0.227. The smallest absolute Gasteiger partial charge is 0.229 e. The fraction of sp³-hybridized carbons (Fsp3) is 0.923. The highest BCUT2D eigenvalue weighted by Crippen LogP contribution is 2.31. The normalized spacial score (nSPS) is 37.4. The zero-order valence-corrected chi connectivity index (χ0v) is 10.9. The number of aliphatic hydroxyl groups is 1. The van der Waals surface area contributed by atoms with Crippen LogP contribution in [0.1, 0.15) is 32.6 Å². The van der Waals surface area contributed by atoms with Crippen molar-refractivity contribution in [2.45, 2.75) is 38.7 Å². The SMILES string of the molecule is CN(CC1CC(O)C1)C(=O)C1(C)CCCNC1. The van der Waals surface area contributed by atoms with E-state index >= 15 is 0 Å². The van der Waals surface area contributed by atoms with E-state index in [4.69, 9.17) is 0 Å². The van der Waals surface area contributed by atoms with Gasteiger partial charge in [0.1, 0.15) is 0 Å². The van der Waals surface area contributed by atoms with Crippen molar-refractivity contribution in [2.24, 2.45) is 11.3 Å². The van der Waals surface area contributed by atoms with Gasteiger partial charge in [0.2, 0.25) is 5.91 Å². The van der Waals surface area contributed by atoms with Crippen LogP contribution in [0.15, 0.2) is 0 Å². The van der Waals surface area contributed by atoms with Crippen molar-refractivity contribution >= 4 is 5.91 Å². The molecule has 0 radical (unpaired) electrons. The van der Waals surface area contributed by atoms with Crippen LogP contribution in [0.2, 0.25) is 0 Å². The van der Waals surface area contributed by atoms with E-state index in [1.54, 1.807) is 0 Å². The van der Waals surface area contributed by atoms with Gasteiger partial charge in [-0.15, -0.1) is 0 Å². The van der Waals surface area contributed by atoms with Gasteiger partial charge in [-0.1, -0.05) is 0 Å². The Labute approximate surface area is 103 Å². The summed E-state index contributed by atoms with van der Waals surface area (Å²) >= 11 is 0. The molecule has 0 aromatic carbocycles. The van der Waals surface area contributed by atoms with Crippen LogP contribution in [-0.4, -0.2) is 48.7 Å². The molecule has 0 bridgehead atoms. The van der Waals surface area contributed by atoms with E-state index in [1.165, 1.54) is 0 Å². The molecule has 98 valence electrons. The lowest BCUT2D eigenvalue weighted by Gasteiger charge is -2.39. The molecule has 1 unspecified atom stereocenters. The number of carbonyl (C=O) groups is 1. The number of rotatable bonds is 3. The predicted octanol–water partition coefficient (Wildman–Crippen LogP) is 0.605. The van der Waals surface area contributed by atoms with Gasteiger partial charge in [-0.2, -0.15) is 0 Å². The van der Waals surface area contributed by atoms with E-state index in [0.29, 0.717) is 5.92 Å². The second-order valence-electron chi connectivity index (χ2n) is 6.02. The standard InChI is InChI=1S/C13H24N2O2/c1-13(4-3-5-14-9-13)12(17)15(2)8-10-6-11(16)7-10/h10-11,14,16H,3-9H2,1-2H3. The average Bonchev–Trinajstić information content (AvgIpc) is 2.27. The summed E-state index contributed by atoms with van der Waals surface area (Å²) in [5.74, 6) is 0.755. The van der Waals surface area contributed by atoms with Crippen LogP contribution in [0.5, 0.6) is 0 Å². The first-order valence-corrected chi connectivity index (χ1v) is 6.65. The van der Waals surface area contributed by atoms with E-state index in [-0.39, 0.29) is 17.4 Å². The van der Waals surface area contributed by atoms with Gasteiger partial charge in [0, 0.05) is 20.1 Å². The zero-order chi connectivity index (χ0) is 12.5. The predicted molar refractivity (Wildman–Crippen MR) is 66.6 cm³/mol. The lowest BCUT2D eigenvalue weighted by atomic mass is 9.79. The van der Waals surface area contributed by atoms with Crippen molar-refractivity contribution in [3.8, 4) is 0 Å². The average molecular weight is 240 g/mol. The molecule has 1 amide bonds. The van der Waals surface area contributed by atoms with Crippen molar-refractivity contribution in [3.05, 3.63) is 0 Å². The molecule has 2 N–H and O–H groups in total. The Hall–Kier alpha value is -0.610. The van der Waals surface area contributed by atoms with Gasteiger partial charge in [0.15, 0.2) is 0 Å². The quantitative estimate of drug-likeness (QED) is 0.760. The maximum absolute atomic E-state index is 12.4. The van der Waals surface area contributed by atoms with Crippen molar-refractivity contribution in [1.29, 1.82) is 0 Å². The first-order valence-electron chi connectivity index (χ1n) is 6.65. The number of hydrogen-bond acceptors (Lipinski definition) is 3. The van der Waals surface area contributed by atoms with E-state index in [1.807, 2.05) is 11.9 Å². The summed E-state index contributed by atoms with van der Waals surface area (Å²) in [5.41, 5.74) is -0.227. The fourth-order valence-corrected chi connectivity index (χ4v) is 3.02. The number of aliphatic hydroxyl groups excluding tert-OH is 1. The molecule has 2 rings (SSSR count). The first-order chi connectivity index (χ1) is 8.01. The molecule has 2 fully saturated rings. The Morgan fingerprint density at radius 3 is 2.76 bits per heavy atom. The lowest BCUT2D eigenvalue weighted by Crippen LogP contribution is -2.51. The summed E-state index contributed by atoms with van der Waals surface area (Å²) in [6.07, 6.45) is 3.64.